The predicted molar refractivity (Wildman–Crippen MR) is 161 cm³/mol. The number of nitrogens with zero attached hydrogens (tertiary/aromatic N) is 3. The Morgan fingerprint density at radius 3 is 1.95 bits per heavy atom. The third-order valence-corrected chi connectivity index (χ3v) is 7.62. The summed E-state index contributed by atoms with van der Waals surface area (Å²) in [5.41, 5.74) is 6.31. The van der Waals surface area contributed by atoms with E-state index in [1.165, 1.54) is 11.1 Å². The molecule has 5 aromatic rings. The van der Waals surface area contributed by atoms with Gasteiger partial charge in [0, 0.05) is 11.9 Å². The number of para-hydroxylation sites is 1. The summed E-state index contributed by atoms with van der Waals surface area (Å²) in [6, 6.07) is 47.6. The van der Waals surface area contributed by atoms with Crippen LogP contribution < -0.4 is 4.90 Å². The topological polar surface area (TPSA) is 19.1 Å². The van der Waals surface area contributed by atoms with E-state index in [1.807, 2.05) is 54.6 Å². The van der Waals surface area contributed by atoms with Gasteiger partial charge >= 0.3 is 20.1 Å². The molecule has 0 spiro atoms. The fraction of sp³-hybridized carbons (Fsp3) is 0.167. The van der Waals surface area contributed by atoms with Crippen molar-refractivity contribution in [3.05, 3.63) is 140 Å². The molecule has 0 aliphatic carbocycles. The molecule has 40 heavy (non-hydrogen) atoms. The molecule has 0 fully saturated rings. The second-order valence-corrected chi connectivity index (χ2v) is 10.5. The minimum Gasteiger partial charge on any atom is -0.351 e. The Morgan fingerprint density at radius 1 is 0.675 bits per heavy atom. The summed E-state index contributed by atoms with van der Waals surface area (Å²) >= 11 is 0. The summed E-state index contributed by atoms with van der Waals surface area (Å²) in [6.45, 7) is 9.07. The van der Waals surface area contributed by atoms with Crippen LogP contribution in [0.25, 0.3) is 22.4 Å². The molecule has 2 heterocycles. The average Bonchev–Trinajstić information content (AvgIpc) is 3.18. The Hall–Kier alpha value is -3.85. The summed E-state index contributed by atoms with van der Waals surface area (Å²) in [5.74, 6) is 0. The van der Waals surface area contributed by atoms with Crippen LogP contribution in [-0.2, 0) is 20.1 Å². The standard InChI is InChI=1S/C25H25N2.C11H8N.Ir/c1-24(2)25(3,4)27(19-26(24)22-13-9-6-10-14-22)23-17-15-21(16-18-23)20-11-7-5-8-12-20;1-2-6-10(7-3-1)11-8-4-5-9-12-11;/h5-17H,1-4H3;1-6,8-9H;/q2*-1;+3. The van der Waals surface area contributed by atoms with Gasteiger partial charge in [-0.1, -0.05) is 84.0 Å². The van der Waals surface area contributed by atoms with E-state index in [0.717, 1.165) is 22.6 Å². The van der Waals surface area contributed by atoms with Gasteiger partial charge in [-0.15, -0.1) is 41.5 Å². The number of hydrogen-bond acceptors (Lipinski definition) is 2. The van der Waals surface area contributed by atoms with Gasteiger partial charge in [0.05, 0.1) is 0 Å². The Labute approximate surface area is 252 Å². The summed E-state index contributed by atoms with van der Waals surface area (Å²) in [7, 11) is 0. The zero-order valence-electron chi connectivity index (χ0n) is 23.3. The zero-order chi connectivity index (χ0) is 27.3. The van der Waals surface area contributed by atoms with E-state index >= 15 is 0 Å². The van der Waals surface area contributed by atoms with Crippen LogP contribution in [-0.4, -0.2) is 27.0 Å². The number of anilines is 1. The van der Waals surface area contributed by atoms with Crippen molar-refractivity contribution in [1.29, 1.82) is 0 Å². The van der Waals surface area contributed by atoms with Crippen molar-refractivity contribution in [3.8, 4) is 22.4 Å². The molecule has 0 unspecified atom stereocenters. The Balaban J connectivity index is 0.000000238. The van der Waals surface area contributed by atoms with Gasteiger partial charge in [-0.2, -0.15) is 18.2 Å². The molecule has 4 aromatic carbocycles. The van der Waals surface area contributed by atoms with Crippen LogP contribution in [0.1, 0.15) is 27.7 Å². The molecule has 200 valence electrons. The first-order chi connectivity index (χ1) is 18.9. The molecule has 1 aliphatic rings. The van der Waals surface area contributed by atoms with Crippen molar-refractivity contribution < 1.29 is 24.7 Å². The van der Waals surface area contributed by atoms with Crippen LogP contribution in [0.5, 0.6) is 0 Å². The Kier molecular flexibility index (Phi) is 9.14. The molecule has 0 bridgehead atoms. The predicted octanol–water partition coefficient (Wildman–Crippen LogP) is 8.33. The molecule has 0 saturated carbocycles. The average molecular weight is 700 g/mol. The summed E-state index contributed by atoms with van der Waals surface area (Å²) in [4.78, 5) is 6.46. The molecular weight excluding hydrogens is 667 g/mol. The van der Waals surface area contributed by atoms with E-state index in [1.54, 1.807) is 6.20 Å². The zero-order valence-corrected chi connectivity index (χ0v) is 25.7. The van der Waals surface area contributed by atoms with E-state index in [2.05, 4.69) is 127 Å². The van der Waals surface area contributed by atoms with Crippen molar-refractivity contribution in [2.45, 2.75) is 38.8 Å². The second-order valence-electron chi connectivity index (χ2n) is 10.5. The van der Waals surface area contributed by atoms with E-state index in [-0.39, 0.29) is 31.2 Å². The minimum atomic E-state index is -0.145. The Bertz CT molecular complexity index is 1480. The Morgan fingerprint density at radius 2 is 1.35 bits per heavy atom. The van der Waals surface area contributed by atoms with Crippen molar-refractivity contribution >= 4 is 17.7 Å². The fourth-order valence-corrected chi connectivity index (χ4v) is 4.65. The maximum absolute atomic E-state index is 4.22. The number of benzene rings is 4. The third kappa shape index (κ3) is 5.99. The number of pyridine rings is 1. The quantitative estimate of drug-likeness (QED) is 0.139. The fourth-order valence-electron chi connectivity index (χ4n) is 4.65. The van der Waals surface area contributed by atoms with Crippen LogP contribution >= 0.6 is 0 Å². The SMILES string of the molecule is CC1(C)N(c2ccccc2)[C-]=[N+](c2[c-]cc(-c3ccccc3)cc2)C1(C)C.[Ir+3].[c-]1ccccc1-c1ccccn1. The molecular formula is C36H33IrN3+. The molecule has 0 atom stereocenters. The van der Waals surface area contributed by atoms with E-state index in [9.17, 15) is 0 Å². The minimum absolute atomic E-state index is 0. The van der Waals surface area contributed by atoms with Gasteiger partial charge in [-0.25, -0.2) is 6.07 Å². The van der Waals surface area contributed by atoms with Crippen LogP contribution in [0.2, 0.25) is 0 Å². The normalized spacial score (nSPS) is 14.8. The smallest absolute Gasteiger partial charge is 0.351 e. The van der Waals surface area contributed by atoms with E-state index < -0.39 is 0 Å². The number of hydrogen-bond donors (Lipinski definition) is 0. The van der Waals surface area contributed by atoms with Crippen LogP contribution in [0, 0.1) is 12.1 Å². The maximum atomic E-state index is 4.22. The molecule has 4 heteroatoms. The number of aromatic nitrogens is 1. The first-order valence-electron chi connectivity index (χ1n) is 13.2. The first kappa shape index (κ1) is 29.1. The maximum Gasteiger partial charge on any atom is 3.00 e. The van der Waals surface area contributed by atoms with E-state index in [4.69, 9.17) is 0 Å². The third-order valence-electron chi connectivity index (χ3n) is 7.62. The molecule has 1 aromatic heterocycles. The second kappa shape index (κ2) is 12.6. The first-order valence-corrected chi connectivity index (χ1v) is 13.2. The van der Waals surface area contributed by atoms with Crippen LogP contribution in [0.3, 0.4) is 0 Å². The van der Waals surface area contributed by atoms with Gasteiger partial charge in [0.15, 0.2) is 0 Å². The molecule has 3 nitrogen and oxygen atoms in total. The van der Waals surface area contributed by atoms with Crippen molar-refractivity contribution in [2.24, 2.45) is 0 Å². The van der Waals surface area contributed by atoms with Crippen molar-refractivity contribution in [1.82, 2.24) is 4.98 Å². The summed E-state index contributed by atoms with van der Waals surface area (Å²) in [5, 5.41) is 0. The summed E-state index contributed by atoms with van der Waals surface area (Å²) in [6.07, 6.45) is 5.39. The van der Waals surface area contributed by atoms with Crippen LogP contribution in [0.15, 0.2) is 128 Å². The van der Waals surface area contributed by atoms with Gasteiger partial charge in [0.25, 0.3) is 0 Å². The van der Waals surface area contributed by atoms with Gasteiger partial charge in [0.1, 0.15) is 11.1 Å². The van der Waals surface area contributed by atoms with Crippen LogP contribution in [0.4, 0.5) is 11.4 Å². The van der Waals surface area contributed by atoms with Crippen molar-refractivity contribution in [2.75, 3.05) is 4.90 Å². The monoisotopic (exact) mass is 700 g/mol. The molecule has 0 radical (unpaired) electrons. The molecule has 1 aliphatic heterocycles. The molecule has 0 saturated heterocycles. The summed E-state index contributed by atoms with van der Waals surface area (Å²) < 4.78 is 2.22. The molecule has 0 amide bonds. The largest absolute Gasteiger partial charge is 3.00 e. The number of rotatable bonds is 4. The van der Waals surface area contributed by atoms with Gasteiger partial charge in [0.2, 0.25) is 6.34 Å². The van der Waals surface area contributed by atoms with Gasteiger partial charge in [-0.3, -0.25) is 0 Å². The molecule has 6 rings (SSSR count). The van der Waals surface area contributed by atoms with Gasteiger partial charge < -0.3 is 14.5 Å². The van der Waals surface area contributed by atoms with E-state index in [0.29, 0.717) is 0 Å². The molecule has 0 N–H and O–H groups in total. The van der Waals surface area contributed by atoms with Gasteiger partial charge in [-0.05, 0) is 39.5 Å². The van der Waals surface area contributed by atoms with Crippen molar-refractivity contribution in [3.63, 3.8) is 0 Å².